The second-order valence-electron chi connectivity index (χ2n) is 6.84. The van der Waals surface area contributed by atoms with Gasteiger partial charge in [-0.05, 0) is 0 Å². The fourth-order valence-electron chi connectivity index (χ4n) is 3.12. The number of phosphoric acid groups is 3. The molecule has 1 saturated heterocycles. The number of rotatable bonds is 8. The van der Waals surface area contributed by atoms with E-state index in [9.17, 15) is 43.2 Å². The van der Waals surface area contributed by atoms with Crippen molar-refractivity contribution in [1.29, 1.82) is 0 Å². The molecule has 0 spiro atoms. The first-order chi connectivity index (χ1) is 16.1. The lowest BCUT2D eigenvalue weighted by molar-refractivity contribution is -0.339. The number of aliphatic hydroxyl groups is 1. The molecule has 0 radical (unpaired) electrons. The Morgan fingerprint density at radius 3 is 2.57 bits per heavy atom. The number of anilines is 1. The van der Waals surface area contributed by atoms with Crippen LogP contribution in [0.1, 0.15) is 18.2 Å². The van der Waals surface area contributed by atoms with Crippen molar-refractivity contribution >= 4 is 40.4 Å². The lowest BCUT2D eigenvalue weighted by Crippen LogP contribution is -2.27. The number of aliphatic hydroxyl groups excluding tert-OH is 1. The molecule has 3 heterocycles. The summed E-state index contributed by atoms with van der Waals surface area (Å²) in [4.78, 5) is 62.4. The van der Waals surface area contributed by atoms with Gasteiger partial charge in [-0.3, -0.25) is 23.2 Å². The Labute approximate surface area is 195 Å². The molecule has 3 rings (SSSR count). The number of nitrogens with one attached hydrogen (secondary N) is 1. The van der Waals surface area contributed by atoms with Gasteiger partial charge in [0.25, 0.3) is 21.2 Å². The van der Waals surface area contributed by atoms with E-state index in [2.05, 4.69) is 35.0 Å². The Kier molecular flexibility index (Phi) is 8.07. The summed E-state index contributed by atoms with van der Waals surface area (Å²) < 4.78 is 51.0. The zero-order valence-corrected chi connectivity index (χ0v) is 19.9. The Balaban J connectivity index is 1.78. The first-order valence-electron chi connectivity index (χ1n) is 9.25. The Morgan fingerprint density at radius 2 is 1.94 bits per heavy atom. The first kappa shape index (κ1) is 27.7. The monoisotopic (exact) mass is 555 g/mol. The van der Waals surface area contributed by atoms with Crippen LogP contribution in [-0.2, 0) is 31.6 Å². The van der Waals surface area contributed by atoms with E-state index in [0.29, 0.717) is 0 Å². The van der Waals surface area contributed by atoms with Crippen molar-refractivity contribution in [2.45, 2.75) is 24.9 Å². The van der Waals surface area contributed by atoms with Crippen molar-refractivity contribution < 1.29 is 56.3 Å². The van der Waals surface area contributed by atoms with Gasteiger partial charge in [-0.25, -0.2) is 4.31 Å². The quantitative estimate of drug-likeness (QED) is 0.178. The van der Waals surface area contributed by atoms with Crippen LogP contribution >= 0.6 is 23.5 Å². The molecule has 18 nitrogen and oxygen atoms in total. The minimum absolute atomic E-state index is 0.00905. The number of aromatic nitrogens is 3. The summed E-state index contributed by atoms with van der Waals surface area (Å²) in [6, 6.07) is 0. The molecule has 35 heavy (non-hydrogen) atoms. The maximum Gasteiger partial charge on any atom is 0.278 e. The highest BCUT2D eigenvalue weighted by Crippen LogP contribution is 2.60. The number of ether oxygens (including phenoxy) is 1. The molecule has 0 amide bonds. The first-order valence-corrected chi connectivity index (χ1v) is 13.6. The lowest BCUT2D eigenvalue weighted by Gasteiger charge is -2.37. The van der Waals surface area contributed by atoms with E-state index in [-0.39, 0.29) is 35.5 Å². The zero-order valence-electron chi connectivity index (χ0n) is 17.2. The molecule has 5 atom stereocenters. The molecular formula is C14H16N5O13P3-4. The molecule has 2 aromatic heterocycles. The van der Waals surface area contributed by atoms with Crippen LogP contribution in [0, 0.1) is 11.8 Å². The highest BCUT2D eigenvalue weighted by atomic mass is 31.3. The molecule has 0 aromatic carbocycles. The van der Waals surface area contributed by atoms with E-state index >= 15 is 0 Å². The molecule has 0 saturated carbocycles. The summed E-state index contributed by atoms with van der Waals surface area (Å²) in [5.74, 6) is 5.04. The number of H-pyrrole nitrogens is 1. The number of nitrogens with zero attached hydrogens (tertiary/aromatic N) is 2. The van der Waals surface area contributed by atoms with Crippen LogP contribution < -0.4 is 36.6 Å². The van der Waals surface area contributed by atoms with Crippen LogP contribution in [0.5, 0.6) is 0 Å². The van der Waals surface area contributed by atoms with Crippen molar-refractivity contribution in [2.24, 2.45) is 5.73 Å². The molecule has 1 aliphatic rings. The van der Waals surface area contributed by atoms with E-state index < -0.39 is 54.1 Å². The molecule has 0 bridgehead atoms. The van der Waals surface area contributed by atoms with Gasteiger partial charge in [0.1, 0.15) is 12.3 Å². The largest absolute Gasteiger partial charge is 0.790 e. The molecule has 0 aliphatic carbocycles. The third kappa shape index (κ3) is 7.06. The van der Waals surface area contributed by atoms with E-state index in [1.807, 2.05) is 0 Å². The standard InChI is InChI=1S/C14H20N5O13P3/c15-3-1-2-7-5-19(12-11(7)13(21)18-14(16)17-12)10-4-8(20)9(30-10)6-29-34(25,26)32-35(27,28)31-33(22,23)24/h5,8-10,20H,3-4,6,15H2,(H,25,26)(H,27,28)(H2,22,23,24)(H3,16,17,18,21)/p-4. The van der Waals surface area contributed by atoms with Gasteiger partial charge in [-0.2, -0.15) is 4.98 Å². The normalized spacial score (nSPS) is 24.0. The predicted molar refractivity (Wildman–Crippen MR) is 106 cm³/mol. The van der Waals surface area contributed by atoms with Crippen LogP contribution in [0.4, 0.5) is 5.95 Å². The number of nitrogens with two attached hydrogens (primary N) is 2. The Hall–Kier alpha value is -1.93. The molecular weight excluding hydrogens is 539 g/mol. The summed E-state index contributed by atoms with van der Waals surface area (Å²) >= 11 is 0. The maximum absolute atomic E-state index is 12.4. The van der Waals surface area contributed by atoms with Gasteiger partial charge >= 0.3 is 0 Å². The van der Waals surface area contributed by atoms with E-state index in [0.717, 1.165) is 0 Å². The fourth-order valence-corrected chi connectivity index (χ4v) is 5.98. The number of hydrogen-bond acceptors (Lipinski definition) is 16. The SMILES string of the molecule is NCC#Cc1cn(C2CC(O)C(COP(=O)([O-])OP(=O)([O-])OP(=O)([O-])[O-])O2)c2nc(N)[nH]c(=O)c12. The van der Waals surface area contributed by atoms with Crippen LogP contribution in [0.2, 0.25) is 0 Å². The zero-order chi connectivity index (χ0) is 26.2. The topological polar surface area (TPSA) is 303 Å². The Morgan fingerprint density at radius 1 is 1.26 bits per heavy atom. The average molecular weight is 555 g/mol. The molecule has 194 valence electrons. The van der Waals surface area contributed by atoms with E-state index in [1.54, 1.807) is 0 Å². The third-order valence-corrected chi connectivity index (χ3v) is 8.00. The van der Waals surface area contributed by atoms with Crippen molar-refractivity contribution in [1.82, 2.24) is 14.5 Å². The number of nitrogen functional groups attached to an aromatic ring is 1. The van der Waals surface area contributed by atoms with Crippen molar-refractivity contribution in [2.75, 3.05) is 18.9 Å². The highest BCUT2D eigenvalue weighted by Gasteiger charge is 2.37. The second-order valence-corrected chi connectivity index (χ2v) is 11.1. The molecule has 21 heteroatoms. The number of aromatic amines is 1. The second kappa shape index (κ2) is 10.2. The summed E-state index contributed by atoms with van der Waals surface area (Å²) in [6.45, 7) is -0.995. The van der Waals surface area contributed by atoms with Crippen LogP contribution in [0.25, 0.3) is 11.0 Å². The molecule has 2 aromatic rings. The van der Waals surface area contributed by atoms with Crippen LogP contribution in [0.3, 0.4) is 0 Å². The number of phosphoric ester groups is 1. The van der Waals surface area contributed by atoms with Gasteiger partial charge in [0.15, 0.2) is 5.65 Å². The summed E-state index contributed by atoms with van der Waals surface area (Å²) in [7, 11) is -18.1. The maximum atomic E-state index is 12.4. The van der Waals surface area contributed by atoms with Gasteiger partial charge in [-0.15, -0.1) is 0 Å². The number of hydrogen-bond donors (Lipinski definition) is 4. The van der Waals surface area contributed by atoms with E-state index in [4.69, 9.17) is 16.2 Å². The van der Waals surface area contributed by atoms with Crippen molar-refractivity contribution in [3.63, 3.8) is 0 Å². The molecule has 5 unspecified atom stereocenters. The highest BCUT2D eigenvalue weighted by molar-refractivity contribution is 7.64. The van der Waals surface area contributed by atoms with Crippen molar-refractivity contribution in [3.05, 3.63) is 22.1 Å². The number of fused-ring (bicyclic) bond motifs is 1. The van der Waals surface area contributed by atoms with Gasteiger partial charge in [0.2, 0.25) is 5.95 Å². The van der Waals surface area contributed by atoms with Gasteiger partial charge < -0.3 is 54.5 Å². The van der Waals surface area contributed by atoms with Gasteiger partial charge in [-0.1, -0.05) is 11.8 Å². The lowest BCUT2D eigenvalue weighted by atomic mass is 10.2. The average Bonchev–Trinajstić information content (AvgIpc) is 3.22. The minimum atomic E-state index is -6.14. The van der Waals surface area contributed by atoms with Gasteiger partial charge in [0, 0.05) is 12.6 Å². The van der Waals surface area contributed by atoms with E-state index in [1.165, 1.54) is 10.8 Å². The smallest absolute Gasteiger partial charge is 0.278 e. The summed E-state index contributed by atoms with van der Waals surface area (Å²) in [6.07, 6.45) is -2.56. The summed E-state index contributed by atoms with van der Waals surface area (Å²) in [5.41, 5.74) is 10.6. The van der Waals surface area contributed by atoms with Crippen LogP contribution in [-0.4, -0.2) is 45.0 Å². The van der Waals surface area contributed by atoms with Crippen LogP contribution in [0.15, 0.2) is 11.0 Å². The van der Waals surface area contributed by atoms with Crippen molar-refractivity contribution in [3.8, 4) is 11.8 Å². The summed E-state index contributed by atoms with van der Waals surface area (Å²) in [5, 5.41) is 10.3. The minimum Gasteiger partial charge on any atom is -0.790 e. The molecule has 1 fully saturated rings. The molecule has 1 aliphatic heterocycles. The Bertz CT molecular complexity index is 1370. The van der Waals surface area contributed by atoms with Gasteiger partial charge in [0.05, 0.1) is 38.0 Å². The fraction of sp³-hybridized carbons (Fsp3) is 0.429. The third-order valence-electron chi connectivity index (χ3n) is 4.34. The predicted octanol–water partition coefficient (Wildman–Crippen LogP) is -3.92. The molecule has 6 N–H and O–H groups in total.